The fourth-order valence-corrected chi connectivity index (χ4v) is 2.62. The Labute approximate surface area is 157 Å². The van der Waals surface area contributed by atoms with Gasteiger partial charge in [0.25, 0.3) is 5.56 Å². The van der Waals surface area contributed by atoms with Crippen molar-refractivity contribution in [2.75, 3.05) is 11.9 Å². The number of ether oxygens (including phenoxy) is 1. The lowest BCUT2D eigenvalue weighted by Crippen LogP contribution is -2.27. The first-order chi connectivity index (χ1) is 13.1. The molecule has 0 atom stereocenters. The molecule has 0 aliphatic heterocycles. The molecule has 0 fully saturated rings. The van der Waals surface area contributed by atoms with Gasteiger partial charge in [-0.1, -0.05) is 42.0 Å². The molecule has 0 aliphatic rings. The number of hydrogen-bond acceptors (Lipinski definition) is 4. The Balaban J connectivity index is 1.73. The van der Waals surface area contributed by atoms with Gasteiger partial charge < -0.3 is 10.1 Å². The lowest BCUT2D eigenvalue weighted by Gasteiger charge is -2.12. The van der Waals surface area contributed by atoms with Gasteiger partial charge in [-0.25, -0.2) is 4.98 Å². The van der Waals surface area contributed by atoms with Crippen molar-refractivity contribution in [1.82, 2.24) is 9.55 Å². The average Bonchev–Trinajstić information content (AvgIpc) is 2.66. The molecular weight excluding hydrogens is 342 g/mol. The average molecular weight is 363 g/mol. The van der Waals surface area contributed by atoms with Crippen LogP contribution in [0, 0.1) is 6.92 Å². The molecular formula is C21H21N3O3. The highest BCUT2D eigenvalue weighted by Crippen LogP contribution is 2.23. The second-order valence-electron chi connectivity index (χ2n) is 6.08. The third-order valence-electron chi connectivity index (χ3n) is 4.00. The highest BCUT2D eigenvalue weighted by Gasteiger charge is 2.10. The Bertz CT molecular complexity index is 994. The number of hydrogen-bond donors (Lipinski definition) is 1. The minimum Gasteiger partial charge on any atom is -0.492 e. The number of para-hydroxylation sites is 2. The van der Waals surface area contributed by atoms with Crippen molar-refractivity contribution in [1.29, 1.82) is 0 Å². The van der Waals surface area contributed by atoms with E-state index in [-0.39, 0.29) is 18.0 Å². The van der Waals surface area contributed by atoms with Gasteiger partial charge in [0, 0.05) is 11.6 Å². The van der Waals surface area contributed by atoms with Crippen LogP contribution in [0.15, 0.2) is 65.7 Å². The SMILES string of the molecule is CCOc1ccccc1NC(=O)Cn1cnc(-c2ccc(C)cc2)cc1=O. The highest BCUT2D eigenvalue weighted by atomic mass is 16.5. The molecule has 0 aliphatic carbocycles. The smallest absolute Gasteiger partial charge is 0.254 e. The van der Waals surface area contributed by atoms with Crippen molar-refractivity contribution in [2.45, 2.75) is 20.4 Å². The van der Waals surface area contributed by atoms with Crippen LogP contribution in [0.3, 0.4) is 0 Å². The summed E-state index contributed by atoms with van der Waals surface area (Å²) < 4.78 is 6.76. The van der Waals surface area contributed by atoms with E-state index in [1.54, 1.807) is 12.1 Å². The summed E-state index contributed by atoms with van der Waals surface area (Å²) in [4.78, 5) is 29.0. The molecule has 2 aromatic carbocycles. The third-order valence-corrected chi connectivity index (χ3v) is 4.00. The van der Waals surface area contributed by atoms with Gasteiger partial charge in [-0.3, -0.25) is 14.2 Å². The number of nitrogens with one attached hydrogen (secondary N) is 1. The molecule has 0 unspecified atom stereocenters. The molecule has 0 saturated carbocycles. The fraction of sp³-hybridized carbons (Fsp3) is 0.190. The summed E-state index contributed by atoms with van der Waals surface area (Å²) in [5.41, 5.74) is 2.87. The van der Waals surface area contributed by atoms with Crippen molar-refractivity contribution >= 4 is 11.6 Å². The van der Waals surface area contributed by atoms with Crippen LogP contribution in [-0.4, -0.2) is 22.1 Å². The van der Waals surface area contributed by atoms with Crippen LogP contribution in [0.1, 0.15) is 12.5 Å². The van der Waals surface area contributed by atoms with Gasteiger partial charge in [-0.15, -0.1) is 0 Å². The predicted octanol–water partition coefficient (Wildman–Crippen LogP) is 3.26. The molecule has 0 saturated heterocycles. The third kappa shape index (κ3) is 4.61. The van der Waals surface area contributed by atoms with Crippen LogP contribution in [0.4, 0.5) is 5.69 Å². The molecule has 3 rings (SSSR count). The summed E-state index contributed by atoms with van der Waals surface area (Å²) in [5, 5.41) is 2.77. The molecule has 27 heavy (non-hydrogen) atoms. The van der Waals surface area contributed by atoms with E-state index in [1.165, 1.54) is 17.0 Å². The van der Waals surface area contributed by atoms with E-state index in [0.29, 0.717) is 23.7 Å². The number of amides is 1. The highest BCUT2D eigenvalue weighted by molar-refractivity contribution is 5.92. The van der Waals surface area contributed by atoms with Gasteiger partial charge in [-0.05, 0) is 26.0 Å². The number of anilines is 1. The Morgan fingerprint density at radius 2 is 1.89 bits per heavy atom. The summed E-state index contributed by atoms with van der Waals surface area (Å²) in [7, 11) is 0. The second-order valence-corrected chi connectivity index (χ2v) is 6.08. The normalized spacial score (nSPS) is 10.4. The summed E-state index contributed by atoms with van der Waals surface area (Å²) in [6.07, 6.45) is 1.39. The zero-order valence-electron chi connectivity index (χ0n) is 15.3. The second kappa shape index (κ2) is 8.31. The zero-order chi connectivity index (χ0) is 19.2. The van der Waals surface area contributed by atoms with E-state index in [2.05, 4.69) is 10.3 Å². The summed E-state index contributed by atoms with van der Waals surface area (Å²) in [6.45, 7) is 4.24. The molecule has 3 aromatic rings. The van der Waals surface area contributed by atoms with Gasteiger partial charge in [0.15, 0.2) is 0 Å². The molecule has 1 aromatic heterocycles. The summed E-state index contributed by atoms with van der Waals surface area (Å²) >= 11 is 0. The van der Waals surface area contributed by atoms with Crippen molar-refractivity contribution in [3.8, 4) is 17.0 Å². The minimum atomic E-state index is -0.325. The zero-order valence-corrected chi connectivity index (χ0v) is 15.3. The van der Waals surface area contributed by atoms with Gasteiger partial charge in [0.05, 0.1) is 24.3 Å². The molecule has 0 radical (unpaired) electrons. The maximum absolute atomic E-state index is 12.4. The largest absolute Gasteiger partial charge is 0.492 e. The van der Waals surface area contributed by atoms with Gasteiger partial charge in [-0.2, -0.15) is 0 Å². The number of carbonyl (C=O) groups excluding carboxylic acids is 1. The molecule has 6 nitrogen and oxygen atoms in total. The number of rotatable bonds is 6. The number of aromatic nitrogens is 2. The van der Waals surface area contributed by atoms with E-state index in [4.69, 9.17) is 4.74 Å². The summed E-state index contributed by atoms with van der Waals surface area (Å²) in [5.74, 6) is 0.266. The maximum atomic E-state index is 12.4. The first-order valence-electron chi connectivity index (χ1n) is 8.72. The Morgan fingerprint density at radius 3 is 2.59 bits per heavy atom. The Morgan fingerprint density at radius 1 is 1.15 bits per heavy atom. The molecule has 1 amide bonds. The monoisotopic (exact) mass is 363 g/mol. The number of carbonyl (C=O) groups is 1. The van der Waals surface area contributed by atoms with Gasteiger partial charge in [0.1, 0.15) is 12.3 Å². The minimum absolute atomic E-state index is 0.125. The van der Waals surface area contributed by atoms with Crippen LogP contribution in [0.5, 0.6) is 5.75 Å². The van der Waals surface area contributed by atoms with Crippen LogP contribution in [-0.2, 0) is 11.3 Å². The van der Waals surface area contributed by atoms with E-state index < -0.39 is 0 Å². The van der Waals surface area contributed by atoms with E-state index in [0.717, 1.165) is 11.1 Å². The van der Waals surface area contributed by atoms with Crippen LogP contribution < -0.4 is 15.6 Å². The Kier molecular flexibility index (Phi) is 5.66. The van der Waals surface area contributed by atoms with Crippen LogP contribution >= 0.6 is 0 Å². The van der Waals surface area contributed by atoms with E-state index in [9.17, 15) is 9.59 Å². The first-order valence-corrected chi connectivity index (χ1v) is 8.72. The van der Waals surface area contributed by atoms with Crippen molar-refractivity contribution in [3.63, 3.8) is 0 Å². The standard InChI is InChI=1S/C21H21N3O3/c1-3-27-19-7-5-4-6-17(19)23-20(25)13-24-14-22-18(12-21(24)26)16-10-8-15(2)9-11-16/h4-12,14H,3,13H2,1-2H3,(H,23,25). The number of aryl methyl sites for hydroxylation is 1. The number of nitrogens with zero attached hydrogens (tertiary/aromatic N) is 2. The lowest BCUT2D eigenvalue weighted by molar-refractivity contribution is -0.116. The molecule has 0 bridgehead atoms. The molecule has 1 N–H and O–H groups in total. The van der Waals surface area contributed by atoms with Crippen LogP contribution in [0.25, 0.3) is 11.3 Å². The number of benzene rings is 2. The van der Waals surface area contributed by atoms with Crippen molar-refractivity contribution in [3.05, 3.63) is 76.8 Å². The van der Waals surface area contributed by atoms with Crippen molar-refractivity contribution in [2.24, 2.45) is 0 Å². The molecule has 138 valence electrons. The summed E-state index contributed by atoms with van der Waals surface area (Å²) in [6, 6.07) is 16.4. The quantitative estimate of drug-likeness (QED) is 0.730. The van der Waals surface area contributed by atoms with E-state index >= 15 is 0 Å². The Hall–Kier alpha value is -3.41. The lowest BCUT2D eigenvalue weighted by atomic mass is 10.1. The maximum Gasteiger partial charge on any atom is 0.254 e. The molecule has 1 heterocycles. The van der Waals surface area contributed by atoms with Crippen molar-refractivity contribution < 1.29 is 9.53 Å². The fourth-order valence-electron chi connectivity index (χ4n) is 2.62. The molecule has 0 spiro atoms. The van der Waals surface area contributed by atoms with Gasteiger partial charge >= 0.3 is 0 Å². The first kappa shape index (κ1) is 18.4. The predicted molar refractivity (Wildman–Crippen MR) is 105 cm³/mol. The van der Waals surface area contributed by atoms with Crippen LogP contribution in [0.2, 0.25) is 0 Å². The molecule has 6 heteroatoms. The van der Waals surface area contributed by atoms with E-state index in [1.807, 2.05) is 50.2 Å². The topological polar surface area (TPSA) is 73.2 Å². The van der Waals surface area contributed by atoms with Gasteiger partial charge in [0.2, 0.25) is 5.91 Å².